The van der Waals surface area contributed by atoms with Gasteiger partial charge in [-0.25, -0.2) is 4.98 Å². The number of nitro benzene ring substituents is 1. The molecule has 0 spiro atoms. The van der Waals surface area contributed by atoms with Crippen molar-refractivity contribution in [2.75, 3.05) is 36.4 Å². The van der Waals surface area contributed by atoms with Gasteiger partial charge in [-0.15, -0.1) is 0 Å². The largest absolute Gasteiger partial charge is 0.362 e. The number of fused-ring (bicyclic) bond motifs is 1. The van der Waals surface area contributed by atoms with Gasteiger partial charge in [0.25, 0.3) is 11.6 Å². The van der Waals surface area contributed by atoms with Crippen LogP contribution in [0.15, 0.2) is 42.5 Å². The molecule has 10 heteroatoms. The molecule has 1 aromatic heterocycles. The van der Waals surface area contributed by atoms with Crippen LogP contribution in [0.1, 0.15) is 55.4 Å². The maximum Gasteiger partial charge on any atom is 0.293 e. The normalized spacial score (nSPS) is 16.8. The number of hydrogen-bond acceptors (Lipinski definition) is 6. The summed E-state index contributed by atoms with van der Waals surface area (Å²) in [5.74, 6) is 0.0361. The molecule has 0 radical (unpaired) electrons. The number of rotatable bonds is 5. The Bertz CT molecular complexity index is 1310. The lowest BCUT2D eigenvalue weighted by Gasteiger charge is -2.35. The number of anilines is 2. The van der Waals surface area contributed by atoms with E-state index >= 15 is 0 Å². The molecule has 0 atom stereocenters. The van der Waals surface area contributed by atoms with Crippen molar-refractivity contribution in [3.8, 4) is 0 Å². The van der Waals surface area contributed by atoms with E-state index < -0.39 is 10.8 Å². The summed E-state index contributed by atoms with van der Waals surface area (Å²) in [5, 5.41) is 14.8. The number of hydrogen-bond donors (Lipinski definition) is 1. The van der Waals surface area contributed by atoms with Crippen LogP contribution in [0.5, 0.6) is 0 Å². The fourth-order valence-electron chi connectivity index (χ4n) is 5.36. The number of piperazine rings is 1. The van der Waals surface area contributed by atoms with Crippen LogP contribution >= 0.6 is 0 Å². The molecule has 1 aliphatic heterocycles. The smallest absolute Gasteiger partial charge is 0.293 e. The van der Waals surface area contributed by atoms with Crippen molar-refractivity contribution in [2.45, 2.75) is 45.1 Å². The van der Waals surface area contributed by atoms with Crippen molar-refractivity contribution >= 4 is 40.2 Å². The molecule has 1 saturated heterocycles. The second-order valence-corrected chi connectivity index (χ2v) is 9.49. The van der Waals surface area contributed by atoms with Crippen molar-refractivity contribution in [2.24, 2.45) is 0 Å². The fourth-order valence-corrected chi connectivity index (χ4v) is 5.36. The predicted molar refractivity (Wildman–Crippen MR) is 137 cm³/mol. The van der Waals surface area contributed by atoms with Gasteiger partial charge >= 0.3 is 0 Å². The molecule has 2 fully saturated rings. The van der Waals surface area contributed by atoms with Gasteiger partial charge in [0.2, 0.25) is 11.9 Å². The maximum absolute atomic E-state index is 13.3. The molecule has 2 heterocycles. The number of benzene rings is 2. The van der Waals surface area contributed by atoms with Gasteiger partial charge in [0, 0.05) is 50.8 Å². The molecule has 1 aliphatic carbocycles. The van der Waals surface area contributed by atoms with Crippen LogP contribution in [0.4, 0.5) is 17.3 Å². The highest BCUT2D eigenvalue weighted by molar-refractivity contribution is 6.05. The molecule has 2 amide bonds. The van der Waals surface area contributed by atoms with E-state index in [1.54, 1.807) is 17.0 Å². The minimum atomic E-state index is -0.458. The Hall–Kier alpha value is -3.95. The number of nitrogens with zero attached hydrogens (tertiary/aromatic N) is 5. The van der Waals surface area contributed by atoms with Gasteiger partial charge in [0.1, 0.15) is 5.69 Å². The number of nitrogens with one attached hydrogen (secondary N) is 1. The Balaban J connectivity index is 1.41. The van der Waals surface area contributed by atoms with Crippen molar-refractivity contribution in [1.82, 2.24) is 14.5 Å². The van der Waals surface area contributed by atoms with Crippen LogP contribution in [-0.4, -0.2) is 57.4 Å². The summed E-state index contributed by atoms with van der Waals surface area (Å²) in [4.78, 5) is 44.6. The Morgan fingerprint density at radius 3 is 2.44 bits per heavy atom. The average Bonchev–Trinajstić information content (AvgIpc) is 3.26. The fraction of sp³-hybridized carbons (Fsp3) is 0.423. The number of aromatic nitrogens is 2. The molecule has 1 saturated carbocycles. The third kappa shape index (κ3) is 4.62. The summed E-state index contributed by atoms with van der Waals surface area (Å²) in [6.45, 7) is 3.53. The zero-order valence-corrected chi connectivity index (χ0v) is 20.4. The molecular weight excluding hydrogens is 460 g/mol. The van der Waals surface area contributed by atoms with E-state index in [1.165, 1.54) is 19.4 Å². The Morgan fingerprint density at radius 2 is 1.75 bits per heavy atom. The van der Waals surface area contributed by atoms with E-state index in [4.69, 9.17) is 0 Å². The highest BCUT2D eigenvalue weighted by Crippen LogP contribution is 2.35. The van der Waals surface area contributed by atoms with E-state index in [9.17, 15) is 19.7 Å². The Labute approximate surface area is 209 Å². The molecule has 2 aromatic carbocycles. The number of para-hydroxylation sites is 2. The second-order valence-electron chi connectivity index (χ2n) is 9.49. The number of nitro groups is 1. The molecule has 3 aromatic rings. The number of imidazole rings is 1. The monoisotopic (exact) mass is 490 g/mol. The molecule has 0 unspecified atom stereocenters. The van der Waals surface area contributed by atoms with Gasteiger partial charge < -0.3 is 14.4 Å². The average molecular weight is 491 g/mol. The lowest BCUT2D eigenvalue weighted by Crippen LogP contribution is -2.48. The lowest BCUT2D eigenvalue weighted by molar-refractivity contribution is -0.384. The maximum atomic E-state index is 13.3. The highest BCUT2D eigenvalue weighted by Gasteiger charge is 2.27. The summed E-state index contributed by atoms with van der Waals surface area (Å²) in [6, 6.07) is 12.6. The van der Waals surface area contributed by atoms with Crippen molar-refractivity contribution in [3.63, 3.8) is 0 Å². The number of carbonyl (C=O) groups is 2. The lowest BCUT2D eigenvalue weighted by atomic mass is 9.95. The third-order valence-electron chi connectivity index (χ3n) is 7.26. The zero-order valence-electron chi connectivity index (χ0n) is 20.4. The second kappa shape index (κ2) is 9.96. The van der Waals surface area contributed by atoms with Gasteiger partial charge in [-0.3, -0.25) is 25.0 Å². The Morgan fingerprint density at radius 1 is 1.03 bits per heavy atom. The molecule has 188 valence electrons. The molecule has 1 N–H and O–H groups in total. The standard InChI is InChI=1S/C26H30N6O4/c1-18(33)29-13-15-30(16-14-29)23-12-11-19(17-24(23)32(35)36)25(34)28-26-27-21-9-5-6-10-22(21)31(26)20-7-3-2-4-8-20/h5-6,9-12,17,20H,2-4,7-8,13-16H2,1H3,(H,27,28,34). The van der Waals surface area contributed by atoms with E-state index in [0.717, 1.165) is 36.7 Å². The predicted octanol–water partition coefficient (Wildman–Crippen LogP) is 4.37. The van der Waals surface area contributed by atoms with Crippen LogP contribution < -0.4 is 10.2 Å². The number of carbonyl (C=O) groups excluding carboxylic acids is 2. The molecule has 36 heavy (non-hydrogen) atoms. The van der Waals surface area contributed by atoms with E-state index in [-0.39, 0.29) is 23.2 Å². The van der Waals surface area contributed by atoms with E-state index in [0.29, 0.717) is 37.8 Å². The van der Waals surface area contributed by atoms with Crippen molar-refractivity contribution < 1.29 is 14.5 Å². The van der Waals surface area contributed by atoms with E-state index in [1.807, 2.05) is 29.2 Å². The van der Waals surface area contributed by atoms with Gasteiger partial charge in [-0.1, -0.05) is 31.4 Å². The first-order valence-corrected chi connectivity index (χ1v) is 12.5. The van der Waals surface area contributed by atoms with Crippen LogP contribution in [0.3, 0.4) is 0 Å². The first-order valence-electron chi connectivity index (χ1n) is 12.5. The van der Waals surface area contributed by atoms with Crippen LogP contribution in [0.25, 0.3) is 11.0 Å². The summed E-state index contributed by atoms with van der Waals surface area (Å²) in [7, 11) is 0. The van der Waals surface area contributed by atoms with E-state index in [2.05, 4.69) is 14.9 Å². The molecule has 5 rings (SSSR count). The quantitative estimate of drug-likeness (QED) is 0.420. The van der Waals surface area contributed by atoms with Gasteiger partial charge in [0.15, 0.2) is 0 Å². The third-order valence-corrected chi connectivity index (χ3v) is 7.26. The molecule has 10 nitrogen and oxygen atoms in total. The minimum absolute atomic E-state index is 0.00424. The number of amides is 2. The van der Waals surface area contributed by atoms with Crippen LogP contribution in [0, 0.1) is 10.1 Å². The SMILES string of the molecule is CC(=O)N1CCN(c2ccc(C(=O)Nc3nc4ccccc4n3C3CCCCC3)cc2[N+](=O)[O-])CC1. The highest BCUT2D eigenvalue weighted by atomic mass is 16.6. The minimum Gasteiger partial charge on any atom is -0.362 e. The summed E-state index contributed by atoms with van der Waals surface area (Å²) < 4.78 is 2.11. The first kappa shape index (κ1) is 23.8. The van der Waals surface area contributed by atoms with Crippen LogP contribution in [-0.2, 0) is 4.79 Å². The van der Waals surface area contributed by atoms with Crippen molar-refractivity contribution in [3.05, 3.63) is 58.1 Å². The van der Waals surface area contributed by atoms with Crippen LogP contribution in [0.2, 0.25) is 0 Å². The summed E-state index contributed by atoms with van der Waals surface area (Å²) in [5.41, 5.74) is 2.32. The molecule has 0 bridgehead atoms. The summed E-state index contributed by atoms with van der Waals surface area (Å²) in [6.07, 6.45) is 5.54. The van der Waals surface area contributed by atoms with Gasteiger partial charge in [-0.05, 0) is 37.1 Å². The zero-order chi connectivity index (χ0) is 25.2. The van der Waals surface area contributed by atoms with Crippen molar-refractivity contribution in [1.29, 1.82) is 0 Å². The van der Waals surface area contributed by atoms with Gasteiger partial charge in [0.05, 0.1) is 16.0 Å². The Kier molecular flexibility index (Phi) is 6.58. The molecule has 2 aliphatic rings. The van der Waals surface area contributed by atoms with Gasteiger partial charge in [-0.2, -0.15) is 0 Å². The first-order chi connectivity index (χ1) is 17.4. The molecular formula is C26H30N6O4. The summed E-state index contributed by atoms with van der Waals surface area (Å²) >= 11 is 0. The topological polar surface area (TPSA) is 114 Å².